The van der Waals surface area contributed by atoms with Crippen LogP contribution in [0.25, 0.3) is 0 Å². The molecule has 0 amide bonds. The Morgan fingerprint density at radius 2 is 2.50 bits per heavy atom. The molecule has 0 spiro atoms. The Hall–Kier alpha value is 0.340. The number of thiophene rings is 1. The van der Waals surface area contributed by atoms with Crippen molar-refractivity contribution in [2.45, 2.75) is 4.90 Å². The number of hydrogen-bond acceptors (Lipinski definition) is 2. The molecule has 0 aromatic carbocycles. The number of thioether (sulfide) groups is 1. The summed E-state index contributed by atoms with van der Waals surface area (Å²) in [6.07, 6.45) is 2.02. The molecule has 0 saturated carbocycles. The minimum Gasteiger partial charge on any atom is -0.131 e. The van der Waals surface area contributed by atoms with Crippen molar-refractivity contribution in [3.63, 3.8) is 0 Å². The van der Waals surface area contributed by atoms with Crippen molar-refractivity contribution >= 4 is 34.7 Å². The fraction of sp³-hybridized carbons (Fsp3) is 0.200. The molecule has 0 aliphatic heterocycles. The zero-order chi connectivity index (χ0) is 5.98. The van der Waals surface area contributed by atoms with Crippen molar-refractivity contribution in [3.05, 3.63) is 15.8 Å². The summed E-state index contributed by atoms with van der Waals surface area (Å²) in [6.45, 7) is 0. The molecule has 0 aliphatic rings. The Labute approximate surface area is 61.9 Å². The summed E-state index contributed by atoms with van der Waals surface area (Å²) in [4.78, 5) is 1.18. The van der Waals surface area contributed by atoms with E-state index in [0.29, 0.717) is 0 Å². The van der Waals surface area contributed by atoms with Crippen LogP contribution in [0.15, 0.2) is 16.3 Å². The maximum absolute atomic E-state index is 5.74. The Bertz CT molecular complexity index is 171. The van der Waals surface area contributed by atoms with Crippen LogP contribution in [0.3, 0.4) is 0 Å². The fourth-order valence-corrected chi connectivity index (χ4v) is 2.23. The molecule has 44 valence electrons. The van der Waals surface area contributed by atoms with Crippen LogP contribution in [0.1, 0.15) is 0 Å². The second-order valence-electron chi connectivity index (χ2n) is 1.26. The van der Waals surface area contributed by atoms with Gasteiger partial charge in [-0.1, -0.05) is 11.6 Å². The summed E-state index contributed by atoms with van der Waals surface area (Å²) in [5, 5.41) is 1.99. The second kappa shape index (κ2) is 2.76. The molecular formula is C5H5ClS2. The van der Waals surface area contributed by atoms with Crippen LogP contribution in [0, 0.1) is 0 Å². The van der Waals surface area contributed by atoms with Gasteiger partial charge in [-0.05, 0) is 17.7 Å². The molecule has 0 N–H and O–H groups in total. The third-order valence-electron chi connectivity index (χ3n) is 0.805. The van der Waals surface area contributed by atoms with Crippen LogP contribution in [0.5, 0.6) is 0 Å². The lowest BCUT2D eigenvalue weighted by atomic mass is 10.7. The fourth-order valence-electron chi connectivity index (χ4n) is 0.427. The molecule has 0 unspecified atom stereocenters. The molecule has 0 saturated heterocycles. The lowest BCUT2D eigenvalue weighted by Crippen LogP contribution is -1.55. The Balaban J connectivity index is 2.92. The van der Waals surface area contributed by atoms with Crippen molar-refractivity contribution in [1.29, 1.82) is 0 Å². The molecular weight excluding hydrogens is 160 g/mol. The van der Waals surface area contributed by atoms with Crippen LogP contribution in [0.4, 0.5) is 0 Å². The van der Waals surface area contributed by atoms with Crippen molar-refractivity contribution in [3.8, 4) is 0 Å². The zero-order valence-electron chi connectivity index (χ0n) is 4.35. The molecule has 0 bridgehead atoms. The first-order valence-corrected chi connectivity index (χ1v) is 4.60. The molecule has 0 aliphatic carbocycles. The summed E-state index contributed by atoms with van der Waals surface area (Å²) in [5.74, 6) is 0. The van der Waals surface area contributed by atoms with Gasteiger partial charge in [-0.3, -0.25) is 0 Å². The second-order valence-corrected chi connectivity index (χ2v) is 3.63. The van der Waals surface area contributed by atoms with E-state index in [2.05, 4.69) is 0 Å². The van der Waals surface area contributed by atoms with E-state index >= 15 is 0 Å². The van der Waals surface area contributed by atoms with Gasteiger partial charge in [0.05, 0.1) is 0 Å². The first-order chi connectivity index (χ1) is 3.84. The Morgan fingerprint density at radius 3 is 2.75 bits per heavy atom. The molecule has 8 heavy (non-hydrogen) atoms. The average molecular weight is 165 g/mol. The topological polar surface area (TPSA) is 0 Å². The van der Waals surface area contributed by atoms with Gasteiger partial charge in [0.1, 0.15) is 4.34 Å². The third-order valence-corrected chi connectivity index (χ3v) is 3.00. The van der Waals surface area contributed by atoms with Crippen LogP contribution in [0.2, 0.25) is 4.34 Å². The molecule has 1 aromatic heterocycles. The van der Waals surface area contributed by atoms with E-state index in [1.165, 1.54) is 4.90 Å². The Kier molecular flexibility index (Phi) is 2.23. The van der Waals surface area contributed by atoms with Gasteiger partial charge in [0.25, 0.3) is 0 Å². The molecule has 1 aromatic rings. The van der Waals surface area contributed by atoms with Crippen LogP contribution in [-0.2, 0) is 0 Å². The van der Waals surface area contributed by atoms with Gasteiger partial charge in [0.15, 0.2) is 0 Å². The van der Waals surface area contributed by atoms with Crippen molar-refractivity contribution in [2.24, 2.45) is 0 Å². The third kappa shape index (κ3) is 1.19. The number of hydrogen-bond donors (Lipinski definition) is 0. The van der Waals surface area contributed by atoms with E-state index in [4.69, 9.17) is 11.6 Å². The maximum atomic E-state index is 5.74. The summed E-state index contributed by atoms with van der Waals surface area (Å²) >= 11 is 8.99. The molecule has 0 radical (unpaired) electrons. The minimum atomic E-state index is 0.900. The highest BCUT2D eigenvalue weighted by Crippen LogP contribution is 2.29. The highest BCUT2D eigenvalue weighted by Gasteiger charge is 1.95. The first-order valence-electron chi connectivity index (χ1n) is 2.11. The smallest absolute Gasteiger partial charge is 0.106 e. The Morgan fingerprint density at radius 1 is 1.75 bits per heavy atom. The SMILES string of the molecule is CSc1ccsc1Cl. The van der Waals surface area contributed by atoms with Gasteiger partial charge < -0.3 is 0 Å². The van der Waals surface area contributed by atoms with Gasteiger partial charge in [-0.15, -0.1) is 23.1 Å². The van der Waals surface area contributed by atoms with Gasteiger partial charge in [0.2, 0.25) is 0 Å². The van der Waals surface area contributed by atoms with E-state index in [9.17, 15) is 0 Å². The number of rotatable bonds is 1. The lowest BCUT2D eigenvalue weighted by Gasteiger charge is -1.85. The highest BCUT2D eigenvalue weighted by atomic mass is 35.5. The summed E-state index contributed by atoms with van der Waals surface area (Å²) in [6, 6.07) is 2.03. The van der Waals surface area contributed by atoms with E-state index in [1.807, 2.05) is 17.7 Å². The van der Waals surface area contributed by atoms with Crippen LogP contribution in [-0.4, -0.2) is 6.26 Å². The molecule has 0 atom stereocenters. The molecule has 0 fully saturated rings. The molecule has 1 rings (SSSR count). The van der Waals surface area contributed by atoms with E-state index in [-0.39, 0.29) is 0 Å². The zero-order valence-corrected chi connectivity index (χ0v) is 6.74. The average Bonchev–Trinajstić information content (AvgIpc) is 2.14. The van der Waals surface area contributed by atoms with Crippen molar-refractivity contribution in [1.82, 2.24) is 0 Å². The molecule has 3 heteroatoms. The monoisotopic (exact) mass is 164 g/mol. The van der Waals surface area contributed by atoms with Gasteiger partial charge in [-0.2, -0.15) is 0 Å². The summed E-state index contributed by atoms with van der Waals surface area (Å²) in [7, 11) is 0. The predicted molar refractivity (Wildman–Crippen MR) is 41.1 cm³/mol. The van der Waals surface area contributed by atoms with Gasteiger partial charge >= 0.3 is 0 Å². The number of halogens is 1. The standard InChI is InChI=1S/C5H5ClS2/c1-7-4-2-3-8-5(4)6/h2-3H,1H3. The minimum absolute atomic E-state index is 0.900. The molecule has 0 nitrogen and oxygen atoms in total. The van der Waals surface area contributed by atoms with E-state index in [0.717, 1.165) is 4.34 Å². The van der Waals surface area contributed by atoms with Crippen molar-refractivity contribution in [2.75, 3.05) is 6.26 Å². The normalized spacial score (nSPS) is 9.75. The summed E-state index contributed by atoms with van der Waals surface area (Å²) in [5.41, 5.74) is 0. The van der Waals surface area contributed by atoms with E-state index < -0.39 is 0 Å². The van der Waals surface area contributed by atoms with Crippen molar-refractivity contribution < 1.29 is 0 Å². The van der Waals surface area contributed by atoms with Gasteiger partial charge in [-0.25, -0.2) is 0 Å². The molecule has 1 heterocycles. The van der Waals surface area contributed by atoms with Gasteiger partial charge in [0, 0.05) is 4.90 Å². The quantitative estimate of drug-likeness (QED) is 0.575. The van der Waals surface area contributed by atoms with E-state index in [1.54, 1.807) is 23.1 Å². The highest BCUT2D eigenvalue weighted by molar-refractivity contribution is 7.98. The lowest BCUT2D eigenvalue weighted by molar-refractivity contribution is 1.60. The predicted octanol–water partition coefficient (Wildman–Crippen LogP) is 3.12. The largest absolute Gasteiger partial charge is 0.131 e. The first kappa shape index (κ1) is 6.46. The summed E-state index contributed by atoms with van der Waals surface area (Å²) < 4.78 is 0.900. The maximum Gasteiger partial charge on any atom is 0.106 e. The van der Waals surface area contributed by atoms with Crippen LogP contribution < -0.4 is 0 Å². The van der Waals surface area contributed by atoms with Crippen LogP contribution >= 0.6 is 34.7 Å².